The van der Waals surface area contributed by atoms with Gasteiger partial charge in [0.25, 0.3) is 0 Å². The monoisotopic (exact) mass is 299 g/mol. The quantitative estimate of drug-likeness (QED) is 0.662. The molecule has 0 aliphatic heterocycles. The Balaban J connectivity index is 1.80. The molecule has 0 amide bonds. The Kier molecular flexibility index (Phi) is 3.85. The largest absolute Gasteiger partial charge is 0.231 e. The zero-order valence-electron chi connectivity index (χ0n) is 10.4. The molecule has 0 bridgehead atoms. The van der Waals surface area contributed by atoms with Crippen LogP contribution >= 0.6 is 22.9 Å². The second kappa shape index (κ2) is 5.94. The molecule has 0 fully saturated rings. The first-order chi connectivity index (χ1) is 9.81. The van der Waals surface area contributed by atoms with Gasteiger partial charge in [0, 0.05) is 16.8 Å². The van der Waals surface area contributed by atoms with Crippen molar-refractivity contribution >= 4 is 34.3 Å². The van der Waals surface area contributed by atoms with Crippen molar-refractivity contribution in [2.75, 3.05) is 0 Å². The van der Waals surface area contributed by atoms with Crippen LogP contribution in [0.25, 0.3) is 10.6 Å². The van der Waals surface area contributed by atoms with Crippen molar-refractivity contribution < 1.29 is 0 Å². The van der Waals surface area contributed by atoms with Crippen LogP contribution in [-0.4, -0.2) is 16.4 Å². The maximum absolute atomic E-state index is 5.87. The highest BCUT2D eigenvalue weighted by Gasteiger charge is 2.05. The maximum atomic E-state index is 5.87. The fourth-order valence-corrected chi connectivity index (χ4v) is 2.47. The summed E-state index contributed by atoms with van der Waals surface area (Å²) in [6, 6.07) is 17.4. The molecule has 98 valence electrons. The third-order valence-electron chi connectivity index (χ3n) is 2.63. The maximum Gasteiger partial charge on any atom is 0.231 e. The van der Waals surface area contributed by atoms with E-state index in [1.165, 1.54) is 11.3 Å². The third kappa shape index (κ3) is 3.10. The highest BCUT2D eigenvalue weighted by Crippen LogP contribution is 2.28. The van der Waals surface area contributed by atoms with Crippen molar-refractivity contribution in [2.24, 2.45) is 4.99 Å². The molecule has 0 saturated carbocycles. The Hall–Kier alpha value is -2.04. The molecule has 3 aromatic rings. The molecule has 1 heterocycles. The van der Waals surface area contributed by atoms with Gasteiger partial charge in [-0.15, -0.1) is 10.2 Å². The third-order valence-corrected chi connectivity index (χ3v) is 3.76. The van der Waals surface area contributed by atoms with Gasteiger partial charge < -0.3 is 0 Å². The Labute approximate surface area is 125 Å². The SMILES string of the molecule is Clc1ccc(-c2nnc(N=Cc3ccccc3)s2)cc1. The molecule has 0 aliphatic rings. The number of hydrogen-bond acceptors (Lipinski definition) is 4. The van der Waals surface area contributed by atoms with Crippen LogP contribution in [0.4, 0.5) is 5.13 Å². The first-order valence-corrected chi connectivity index (χ1v) is 7.19. The number of rotatable bonds is 3. The van der Waals surface area contributed by atoms with Gasteiger partial charge in [-0.25, -0.2) is 4.99 Å². The summed E-state index contributed by atoms with van der Waals surface area (Å²) in [7, 11) is 0. The summed E-state index contributed by atoms with van der Waals surface area (Å²) in [6.45, 7) is 0. The van der Waals surface area contributed by atoms with E-state index in [9.17, 15) is 0 Å². The van der Waals surface area contributed by atoms with Gasteiger partial charge in [-0.05, 0) is 17.7 Å². The molecule has 1 aromatic heterocycles. The number of hydrogen-bond donors (Lipinski definition) is 0. The Morgan fingerprint density at radius 1 is 0.950 bits per heavy atom. The van der Waals surface area contributed by atoms with Crippen LogP contribution in [0.5, 0.6) is 0 Å². The number of aromatic nitrogens is 2. The summed E-state index contributed by atoms with van der Waals surface area (Å²) >= 11 is 7.31. The lowest BCUT2D eigenvalue weighted by Gasteiger charge is -1.93. The van der Waals surface area contributed by atoms with Gasteiger partial charge in [0.1, 0.15) is 5.01 Å². The number of nitrogens with zero attached hydrogens (tertiary/aromatic N) is 3. The minimum atomic E-state index is 0.638. The van der Waals surface area contributed by atoms with Crippen LogP contribution in [0.2, 0.25) is 5.02 Å². The van der Waals surface area contributed by atoms with E-state index < -0.39 is 0 Å². The van der Waals surface area contributed by atoms with E-state index in [1.54, 1.807) is 6.21 Å². The van der Waals surface area contributed by atoms with Crippen LogP contribution in [0.3, 0.4) is 0 Å². The molecular weight excluding hydrogens is 290 g/mol. The van der Waals surface area contributed by atoms with Crippen molar-refractivity contribution in [3.63, 3.8) is 0 Å². The van der Waals surface area contributed by atoms with Crippen LogP contribution in [0.1, 0.15) is 5.56 Å². The van der Waals surface area contributed by atoms with Crippen molar-refractivity contribution in [3.8, 4) is 10.6 Å². The molecule has 5 heteroatoms. The predicted molar refractivity (Wildman–Crippen MR) is 84.1 cm³/mol. The van der Waals surface area contributed by atoms with E-state index in [0.29, 0.717) is 10.2 Å². The van der Waals surface area contributed by atoms with Crippen LogP contribution < -0.4 is 0 Å². The zero-order chi connectivity index (χ0) is 13.8. The van der Waals surface area contributed by atoms with Crippen LogP contribution in [0.15, 0.2) is 59.6 Å². The predicted octanol–water partition coefficient (Wildman–Crippen LogP) is 4.61. The Morgan fingerprint density at radius 3 is 2.45 bits per heavy atom. The zero-order valence-corrected chi connectivity index (χ0v) is 12.0. The van der Waals surface area contributed by atoms with E-state index in [-0.39, 0.29) is 0 Å². The van der Waals surface area contributed by atoms with Crippen LogP contribution in [0, 0.1) is 0 Å². The molecule has 2 aromatic carbocycles. The molecule has 0 aliphatic carbocycles. The molecule has 0 saturated heterocycles. The van der Waals surface area contributed by atoms with Gasteiger partial charge in [-0.2, -0.15) is 0 Å². The lowest BCUT2D eigenvalue weighted by Crippen LogP contribution is -1.77. The molecule has 0 spiro atoms. The summed E-state index contributed by atoms with van der Waals surface area (Å²) in [5.74, 6) is 0. The molecule has 3 rings (SSSR count). The van der Waals surface area contributed by atoms with Gasteiger partial charge in [0.15, 0.2) is 0 Å². The summed E-state index contributed by atoms with van der Waals surface area (Å²) in [5.41, 5.74) is 2.03. The minimum Gasteiger partial charge on any atom is -0.226 e. The van der Waals surface area contributed by atoms with Gasteiger partial charge in [0.05, 0.1) is 0 Å². The van der Waals surface area contributed by atoms with E-state index in [1.807, 2.05) is 54.6 Å². The van der Waals surface area contributed by atoms with Gasteiger partial charge in [-0.3, -0.25) is 0 Å². The smallest absolute Gasteiger partial charge is 0.226 e. The highest BCUT2D eigenvalue weighted by atomic mass is 35.5. The Bertz CT molecular complexity index is 720. The normalized spacial score (nSPS) is 11.1. The molecule has 0 atom stereocenters. The second-order valence-electron chi connectivity index (χ2n) is 4.07. The first-order valence-electron chi connectivity index (χ1n) is 6.00. The fraction of sp³-hybridized carbons (Fsp3) is 0. The van der Waals surface area contributed by atoms with Crippen LogP contribution in [-0.2, 0) is 0 Å². The van der Waals surface area contributed by atoms with Crippen molar-refractivity contribution in [3.05, 3.63) is 65.2 Å². The lowest BCUT2D eigenvalue weighted by molar-refractivity contribution is 1.09. The highest BCUT2D eigenvalue weighted by molar-refractivity contribution is 7.18. The summed E-state index contributed by atoms with van der Waals surface area (Å²) in [6.07, 6.45) is 1.78. The molecule has 0 N–H and O–H groups in total. The molecular formula is C15H10ClN3S. The Morgan fingerprint density at radius 2 is 1.70 bits per heavy atom. The van der Waals surface area contributed by atoms with E-state index in [2.05, 4.69) is 15.2 Å². The number of benzene rings is 2. The fourth-order valence-electron chi connectivity index (χ4n) is 1.65. The molecule has 20 heavy (non-hydrogen) atoms. The van der Waals surface area contributed by atoms with Gasteiger partial charge in [-0.1, -0.05) is 65.4 Å². The van der Waals surface area contributed by atoms with Crippen molar-refractivity contribution in [1.29, 1.82) is 0 Å². The summed E-state index contributed by atoms with van der Waals surface area (Å²) in [5, 5.41) is 10.4. The molecule has 0 radical (unpaired) electrons. The summed E-state index contributed by atoms with van der Waals surface area (Å²) < 4.78 is 0. The van der Waals surface area contributed by atoms with Gasteiger partial charge >= 0.3 is 0 Å². The number of aliphatic imine (C=N–C) groups is 1. The summed E-state index contributed by atoms with van der Waals surface area (Å²) in [4.78, 5) is 4.33. The lowest BCUT2D eigenvalue weighted by atomic mass is 10.2. The van der Waals surface area contributed by atoms with Gasteiger partial charge in [0.2, 0.25) is 5.13 Å². The van der Waals surface area contributed by atoms with E-state index in [0.717, 1.165) is 16.1 Å². The first kappa shape index (κ1) is 13.0. The number of halogens is 1. The average molecular weight is 300 g/mol. The average Bonchev–Trinajstić information content (AvgIpc) is 2.96. The van der Waals surface area contributed by atoms with Crippen molar-refractivity contribution in [1.82, 2.24) is 10.2 Å². The molecule has 3 nitrogen and oxygen atoms in total. The standard InChI is InChI=1S/C15H10ClN3S/c16-13-8-6-12(7-9-13)14-18-19-15(20-14)17-10-11-4-2-1-3-5-11/h1-10H. The van der Waals surface area contributed by atoms with E-state index >= 15 is 0 Å². The topological polar surface area (TPSA) is 38.1 Å². The minimum absolute atomic E-state index is 0.638. The van der Waals surface area contributed by atoms with Crippen molar-refractivity contribution in [2.45, 2.75) is 0 Å². The molecule has 0 unspecified atom stereocenters. The van der Waals surface area contributed by atoms with E-state index in [4.69, 9.17) is 11.6 Å². The second-order valence-corrected chi connectivity index (χ2v) is 5.46.